The number of pyridine rings is 1. The zero-order valence-electron chi connectivity index (χ0n) is 13.0. The maximum Gasteiger partial charge on any atom is 0.145 e. The fourth-order valence-electron chi connectivity index (χ4n) is 3.55. The maximum absolute atomic E-state index is 13.7. The van der Waals surface area contributed by atoms with E-state index in [1.54, 1.807) is 12.3 Å². The third kappa shape index (κ3) is 3.27. The van der Waals surface area contributed by atoms with Crippen molar-refractivity contribution in [1.82, 2.24) is 9.88 Å². The van der Waals surface area contributed by atoms with Crippen LogP contribution in [-0.2, 0) is 11.3 Å². The van der Waals surface area contributed by atoms with Crippen LogP contribution in [0.2, 0.25) is 0 Å². The molecule has 0 unspecified atom stereocenters. The topological polar surface area (TPSA) is 25.4 Å². The first kappa shape index (κ1) is 14.9. The highest BCUT2D eigenvalue weighted by Crippen LogP contribution is 2.41. The second-order valence-corrected chi connectivity index (χ2v) is 6.95. The first-order valence-electron chi connectivity index (χ1n) is 8.03. The van der Waals surface area contributed by atoms with Crippen molar-refractivity contribution in [3.05, 3.63) is 29.8 Å². The number of halogens is 1. The van der Waals surface area contributed by atoms with Crippen molar-refractivity contribution < 1.29 is 9.13 Å². The van der Waals surface area contributed by atoms with E-state index >= 15 is 0 Å². The van der Waals surface area contributed by atoms with Crippen LogP contribution in [0.25, 0.3) is 0 Å². The lowest BCUT2D eigenvalue weighted by Crippen LogP contribution is -2.43. The Hall–Kier alpha value is -1.00. The molecule has 1 atom stereocenters. The lowest BCUT2D eigenvalue weighted by atomic mass is 9.82. The fourth-order valence-corrected chi connectivity index (χ4v) is 3.55. The second-order valence-electron chi connectivity index (χ2n) is 6.95. The Labute approximate surface area is 126 Å². The minimum atomic E-state index is -0.199. The van der Waals surface area contributed by atoms with Crippen LogP contribution >= 0.6 is 0 Å². The summed E-state index contributed by atoms with van der Waals surface area (Å²) in [6.07, 6.45) is 6.30. The first-order chi connectivity index (χ1) is 10.1. The maximum atomic E-state index is 13.7. The summed E-state index contributed by atoms with van der Waals surface area (Å²) in [5.41, 5.74) is 0.843. The Bertz CT molecular complexity index is 483. The van der Waals surface area contributed by atoms with E-state index in [1.165, 1.54) is 12.6 Å². The molecule has 3 nitrogen and oxygen atoms in total. The standard InChI is InChI=1S/C17H25FN2O/c1-13(2)15-9-17(21-12-15)4-7-20(8-5-17)11-14-3-6-19-10-16(14)18/h3,6,10,13,15H,4-5,7-9,11-12H2,1-2H3/t15-/m0/s1. The smallest absolute Gasteiger partial charge is 0.145 e. The van der Waals surface area contributed by atoms with Crippen molar-refractivity contribution >= 4 is 0 Å². The average molecular weight is 292 g/mol. The monoisotopic (exact) mass is 292 g/mol. The van der Waals surface area contributed by atoms with E-state index < -0.39 is 0 Å². The number of rotatable bonds is 3. The summed E-state index contributed by atoms with van der Waals surface area (Å²) in [5.74, 6) is 1.21. The third-order valence-electron chi connectivity index (χ3n) is 5.20. The van der Waals surface area contributed by atoms with Gasteiger partial charge >= 0.3 is 0 Å². The van der Waals surface area contributed by atoms with Crippen LogP contribution < -0.4 is 0 Å². The number of hydrogen-bond donors (Lipinski definition) is 0. The molecule has 0 aromatic carbocycles. The van der Waals surface area contributed by atoms with Gasteiger partial charge in [-0.15, -0.1) is 0 Å². The van der Waals surface area contributed by atoms with Gasteiger partial charge in [-0.2, -0.15) is 0 Å². The number of aromatic nitrogens is 1. The Balaban J connectivity index is 1.55. The average Bonchev–Trinajstić information content (AvgIpc) is 2.89. The molecule has 1 aromatic heterocycles. The van der Waals surface area contributed by atoms with Crippen LogP contribution in [0, 0.1) is 17.7 Å². The molecule has 0 radical (unpaired) electrons. The predicted molar refractivity (Wildman–Crippen MR) is 80.3 cm³/mol. The Morgan fingerprint density at radius 3 is 2.81 bits per heavy atom. The van der Waals surface area contributed by atoms with Gasteiger partial charge in [0.2, 0.25) is 0 Å². The van der Waals surface area contributed by atoms with Crippen LogP contribution in [0.15, 0.2) is 18.5 Å². The van der Waals surface area contributed by atoms with Gasteiger partial charge in [0.05, 0.1) is 18.4 Å². The summed E-state index contributed by atoms with van der Waals surface area (Å²) in [7, 11) is 0. The minimum absolute atomic E-state index is 0.0994. The van der Waals surface area contributed by atoms with E-state index in [2.05, 4.69) is 23.7 Å². The second kappa shape index (κ2) is 6.01. The van der Waals surface area contributed by atoms with E-state index in [1.807, 2.05) is 0 Å². The number of hydrogen-bond acceptors (Lipinski definition) is 3. The van der Waals surface area contributed by atoms with Gasteiger partial charge in [0.25, 0.3) is 0 Å². The molecule has 1 spiro atoms. The number of nitrogens with zero attached hydrogens (tertiary/aromatic N) is 2. The van der Waals surface area contributed by atoms with Crippen LogP contribution in [0.4, 0.5) is 4.39 Å². The van der Waals surface area contributed by atoms with Crippen molar-refractivity contribution in [1.29, 1.82) is 0 Å². The summed E-state index contributed by atoms with van der Waals surface area (Å²) in [4.78, 5) is 6.14. The molecule has 0 saturated carbocycles. The normalized spacial score (nSPS) is 25.8. The van der Waals surface area contributed by atoms with Gasteiger partial charge < -0.3 is 4.74 Å². The van der Waals surface area contributed by atoms with Crippen LogP contribution in [-0.4, -0.2) is 35.2 Å². The highest BCUT2D eigenvalue weighted by molar-refractivity contribution is 5.12. The number of piperidine rings is 1. The molecule has 116 valence electrons. The molecule has 1 aromatic rings. The molecule has 2 saturated heterocycles. The first-order valence-corrected chi connectivity index (χ1v) is 8.03. The van der Waals surface area contributed by atoms with Gasteiger partial charge in [0.1, 0.15) is 5.82 Å². The summed E-state index contributed by atoms with van der Waals surface area (Å²) in [6, 6.07) is 1.78. The highest BCUT2D eigenvalue weighted by atomic mass is 19.1. The molecule has 2 aliphatic heterocycles. The lowest BCUT2D eigenvalue weighted by molar-refractivity contribution is -0.0453. The Morgan fingerprint density at radius 2 is 2.19 bits per heavy atom. The largest absolute Gasteiger partial charge is 0.375 e. The Morgan fingerprint density at radius 1 is 1.43 bits per heavy atom. The summed E-state index contributed by atoms with van der Waals surface area (Å²) < 4.78 is 19.8. The fraction of sp³-hybridized carbons (Fsp3) is 0.706. The van der Waals surface area contributed by atoms with Crippen LogP contribution in [0.5, 0.6) is 0 Å². The van der Waals surface area contributed by atoms with E-state index in [-0.39, 0.29) is 11.4 Å². The van der Waals surface area contributed by atoms with Crippen molar-refractivity contribution in [2.75, 3.05) is 19.7 Å². The molecule has 3 heterocycles. The summed E-state index contributed by atoms with van der Waals surface area (Å²) in [5, 5.41) is 0. The van der Waals surface area contributed by atoms with Crippen molar-refractivity contribution in [2.45, 2.75) is 45.3 Å². The predicted octanol–water partition coefficient (Wildman–Crippen LogP) is 3.25. The highest BCUT2D eigenvalue weighted by Gasteiger charge is 2.43. The van der Waals surface area contributed by atoms with Crippen molar-refractivity contribution in [3.63, 3.8) is 0 Å². The summed E-state index contributed by atoms with van der Waals surface area (Å²) in [6.45, 7) is 8.15. The van der Waals surface area contributed by atoms with Gasteiger partial charge in [0.15, 0.2) is 0 Å². The molecule has 0 amide bonds. The molecule has 0 N–H and O–H groups in total. The minimum Gasteiger partial charge on any atom is -0.375 e. The molecular formula is C17H25FN2O. The van der Waals surface area contributed by atoms with Crippen LogP contribution in [0.3, 0.4) is 0 Å². The zero-order valence-corrected chi connectivity index (χ0v) is 13.0. The van der Waals surface area contributed by atoms with E-state index in [9.17, 15) is 4.39 Å². The molecule has 0 bridgehead atoms. The van der Waals surface area contributed by atoms with E-state index in [0.717, 1.165) is 38.1 Å². The zero-order chi connectivity index (χ0) is 14.9. The van der Waals surface area contributed by atoms with E-state index in [0.29, 0.717) is 18.4 Å². The third-order valence-corrected chi connectivity index (χ3v) is 5.20. The van der Waals surface area contributed by atoms with Gasteiger partial charge in [-0.1, -0.05) is 13.8 Å². The molecule has 21 heavy (non-hydrogen) atoms. The molecule has 0 aliphatic carbocycles. The lowest BCUT2D eigenvalue weighted by Gasteiger charge is -2.39. The van der Waals surface area contributed by atoms with Crippen molar-refractivity contribution in [2.24, 2.45) is 11.8 Å². The van der Waals surface area contributed by atoms with Crippen molar-refractivity contribution in [3.8, 4) is 0 Å². The van der Waals surface area contributed by atoms with Gasteiger partial charge in [-0.3, -0.25) is 9.88 Å². The quantitative estimate of drug-likeness (QED) is 0.855. The molecule has 3 rings (SSSR count). The van der Waals surface area contributed by atoms with Gasteiger partial charge in [0, 0.05) is 31.4 Å². The van der Waals surface area contributed by atoms with E-state index in [4.69, 9.17) is 4.74 Å². The SMILES string of the molecule is CC(C)[C@@H]1COC2(CCN(Cc3ccncc3F)CC2)C1. The van der Waals surface area contributed by atoms with Gasteiger partial charge in [-0.05, 0) is 37.2 Å². The summed E-state index contributed by atoms with van der Waals surface area (Å²) >= 11 is 0. The molecule has 2 aliphatic rings. The number of ether oxygens (including phenoxy) is 1. The number of likely N-dealkylation sites (tertiary alicyclic amines) is 1. The van der Waals surface area contributed by atoms with Crippen LogP contribution in [0.1, 0.15) is 38.7 Å². The van der Waals surface area contributed by atoms with Gasteiger partial charge in [-0.25, -0.2) is 4.39 Å². The Kier molecular flexibility index (Phi) is 4.27. The molecule has 2 fully saturated rings. The molecule has 4 heteroatoms. The molecular weight excluding hydrogens is 267 g/mol.